The van der Waals surface area contributed by atoms with E-state index in [4.69, 9.17) is 0 Å². The Kier molecular flexibility index (Phi) is 3.14. The van der Waals surface area contributed by atoms with Gasteiger partial charge in [-0.05, 0) is 31.5 Å². The number of hydrogen-bond acceptors (Lipinski definition) is 2. The van der Waals surface area contributed by atoms with Crippen molar-refractivity contribution in [2.24, 2.45) is 0 Å². The maximum Gasteiger partial charge on any atom is 0.0303 e. The number of hydrogen-bond donors (Lipinski definition) is 1. The Morgan fingerprint density at radius 3 is 2.93 bits per heavy atom. The van der Waals surface area contributed by atoms with Crippen LogP contribution in [-0.2, 0) is 0 Å². The van der Waals surface area contributed by atoms with Crippen LogP contribution in [0, 0.1) is 0 Å². The van der Waals surface area contributed by atoms with Crippen LogP contribution in [0.25, 0.3) is 0 Å². The second kappa shape index (κ2) is 4.56. The molecular weight excluding hydrogens is 172 g/mol. The molecule has 1 aromatic heterocycles. The minimum absolute atomic E-state index is 0.646. The van der Waals surface area contributed by atoms with Gasteiger partial charge in [-0.15, -0.1) is 0 Å². The van der Waals surface area contributed by atoms with Gasteiger partial charge in [-0.1, -0.05) is 18.9 Å². The van der Waals surface area contributed by atoms with E-state index in [9.17, 15) is 0 Å². The molecule has 0 spiro atoms. The third kappa shape index (κ3) is 1.95. The molecule has 2 rings (SSSR count). The molecule has 0 saturated heterocycles. The second-order valence-electron chi connectivity index (χ2n) is 4.07. The van der Waals surface area contributed by atoms with Crippen molar-refractivity contribution in [2.45, 2.75) is 37.6 Å². The highest BCUT2D eigenvalue weighted by atomic mass is 14.9. The predicted molar refractivity (Wildman–Crippen MR) is 58.3 cm³/mol. The highest BCUT2D eigenvalue weighted by Crippen LogP contribution is 2.32. The van der Waals surface area contributed by atoms with Crippen molar-refractivity contribution >= 4 is 0 Å². The van der Waals surface area contributed by atoms with Crippen LogP contribution >= 0.6 is 0 Å². The van der Waals surface area contributed by atoms with Gasteiger partial charge in [0.25, 0.3) is 0 Å². The van der Waals surface area contributed by atoms with E-state index in [1.54, 1.807) is 0 Å². The summed E-state index contributed by atoms with van der Waals surface area (Å²) in [5.41, 5.74) is 1.39. The number of nitrogens with one attached hydrogen (secondary N) is 1. The molecule has 76 valence electrons. The third-order valence-corrected chi connectivity index (χ3v) is 3.25. The largest absolute Gasteiger partial charge is 0.316 e. The fraction of sp³-hybridized carbons (Fsp3) is 0.583. The smallest absolute Gasteiger partial charge is 0.0303 e. The first-order chi connectivity index (χ1) is 6.92. The molecule has 2 unspecified atom stereocenters. The van der Waals surface area contributed by atoms with Crippen LogP contribution < -0.4 is 5.32 Å². The van der Waals surface area contributed by atoms with Gasteiger partial charge in [-0.3, -0.25) is 4.98 Å². The molecule has 1 aromatic rings. The summed E-state index contributed by atoms with van der Waals surface area (Å²) in [6.07, 6.45) is 9.19. The van der Waals surface area contributed by atoms with Crippen LogP contribution in [-0.4, -0.2) is 18.1 Å². The lowest BCUT2D eigenvalue weighted by Gasteiger charge is -2.31. The van der Waals surface area contributed by atoms with E-state index in [-0.39, 0.29) is 0 Å². The second-order valence-corrected chi connectivity index (χ2v) is 4.07. The standard InChI is InChI=1S/C12H18N2/c1-13-12-7-3-2-6-11(12)10-5-4-8-14-9-10/h4-5,8-9,11-13H,2-3,6-7H2,1H3. The van der Waals surface area contributed by atoms with Crippen molar-refractivity contribution in [1.82, 2.24) is 10.3 Å². The number of rotatable bonds is 2. The zero-order valence-corrected chi connectivity index (χ0v) is 8.74. The van der Waals surface area contributed by atoms with Crippen LogP contribution in [0.5, 0.6) is 0 Å². The molecule has 0 radical (unpaired) electrons. The summed E-state index contributed by atoms with van der Waals surface area (Å²) in [6, 6.07) is 4.89. The Hall–Kier alpha value is -0.890. The fourth-order valence-corrected chi connectivity index (χ4v) is 2.47. The molecular formula is C12H18N2. The van der Waals surface area contributed by atoms with E-state index < -0.39 is 0 Å². The monoisotopic (exact) mass is 190 g/mol. The SMILES string of the molecule is CNC1CCCCC1c1cccnc1. The van der Waals surface area contributed by atoms with Crippen LogP contribution in [0.15, 0.2) is 24.5 Å². The summed E-state index contributed by atoms with van der Waals surface area (Å²) in [6.45, 7) is 0. The highest BCUT2D eigenvalue weighted by molar-refractivity contribution is 5.17. The first-order valence-corrected chi connectivity index (χ1v) is 5.49. The third-order valence-electron chi connectivity index (χ3n) is 3.25. The van der Waals surface area contributed by atoms with Gasteiger partial charge >= 0.3 is 0 Å². The lowest BCUT2D eigenvalue weighted by atomic mass is 9.80. The molecule has 1 aliphatic rings. The topological polar surface area (TPSA) is 24.9 Å². The molecule has 1 saturated carbocycles. The van der Waals surface area contributed by atoms with Gasteiger partial charge in [0.05, 0.1) is 0 Å². The van der Waals surface area contributed by atoms with Crippen LogP contribution in [0.2, 0.25) is 0 Å². The van der Waals surface area contributed by atoms with E-state index in [0.29, 0.717) is 12.0 Å². The molecule has 0 aromatic carbocycles. The lowest BCUT2D eigenvalue weighted by Crippen LogP contribution is -2.34. The summed E-state index contributed by atoms with van der Waals surface area (Å²) < 4.78 is 0. The molecule has 1 N–H and O–H groups in total. The summed E-state index contributed by atoms with van der Waals surface area (Å²) in [4.78, 5) is 4.20. The summed E-state index contributed by atoms with van der Waals surface area (Å²) in [5.74, 6) is 0.669. The van der Waals surface area contributed by atoms with Gasteiger partial charge < -0.3 is 5.32 Å². The zero-order chi connectivity index (χ0) is 9.80. The lowest BCUT2D eigenvalue weighted by molar-refractivity contribution is 0.343. The molecule has 0 bridgehead atoms. The molecule has 1 heterocycles. The van der Waals surface area contributed by atoms with Gasteiger partial charge in [-0.2, -0.15) is 0 Å². The number of aromatic nitrogens is 1. The highest BCUT2D eigenvalue weighted by Gasteiger charge is 2.24. The molecule has 14 heavy (non-hydrogen) atoms. The van der Waals surface area contributed by atoms with Gasteiger partial charge in [0.1, 0.15) is 0 Å². The molecule has 2 heteroatoms. The van der Waals surface area contributed by atoms with Crippen molar-refractivity contribution in [3.8, 4) is 0 Å². The van der Waals surface area contributed by atoms with Crippen molar-refractivity contribution in [3.05, 3.63) is 30.1 Å². The Morgan fingerprint density at radius 2 is 2.21 bits per heavy atom. The molecule has 0 amide bonds. The molecule has 2 nitrogen and oxygen atoms in total. The van der Waals surface area contributed by atoms with Crippen LogP contribution in [0.4, 0.5) is 0 Å². The van der Waals surface area contributed by atoms with Crippen molar-refractivity contribution in [2.75, 3.05) is 7.05 Å². The van der Waals surface area contributed by atoms with Gasteiger partial charge in [-0.25, -0.2) is 0 Å². The summed E-state index contributed by atoms with van der Waals surface area (Å²) >= 11 is 0. The van der Waals surface area contributed by atoms with Crippen LogP contribution in [0.1, 0.15) is 37.2 Å². The number of nitrogens with zero attached hydrogens (tertiary/aromatic N) is 1. The predicted octanol–water partition coefficient (Wildman–Crippen LogP) is 2.33. The van der Waals surface area contributed by atoms with Crippen molar-refractivity contribution in [3.63, 3.8) is 0 Å². The average molecular weight is 190 g/mol. The first-order valence-electron chi connectivity index (χ1n) is 5.49. The summed E-state index contributed by atoms with van der Waals surface area (Å²) in [5, 5.41) is 3.42. The van der Waals surface area contributed by atoms with Crippen molar-refractivity contribution in [1.29, 1.82) is 0 Å². The van der Waals surface area contributed by atoms with E-state index in [1.807, 2.05) is 18.5 Å². The number of pyridine rings is 1. The normalized spacial score (nSPS) is 27.5. The maximum absolute atomic E-state index is 4.20. The molecule has 1 fully saturated rings. The average Bonchev–Trinajstić information content (AvgIpc) is 2.30. The van der Waals surface area contributed by atoms with E-state index >= 15 is 0 Å². The Morgan fingerprint density at radius 1 is 1.36 bits per heavy atom. The van der Waals surface area contributed by atoms with E-state index in [2.05, 4.69) is 23.4 Å². The molecule has 1 aliphatic carbocycles. The molecule has 2 atom stereocenters. The van der Waals surface area contributed by atoms with Gasteiger partial charge in [0, 0.05) is 24.4 Å². The minimum atomic E-state index is 0.646. The Labute approximate surface area is 85.7 Å². The Bertz CT molecular complexity index is 271. The number of likely N-dealkylation sites (N-methyl/N-ethyl adjacent to an activating group) is 1. The van der Waals surface area contributed by atoms with E-state index in [0.717, 1.165) is 0 Å². The van der Waals surface area contributed by atoms with Crippen LogP contribution in [0.3, 0.4) is 0 Å². The van der Waals surface area contributed by atoms with Gasteiger partial charge in [0.2, 0.25) is 0 Å². The minimum Gasteiger partial charge on any atom is -0.316 e. The first kappa shape index (κ1) is 9.66. The maximum atomic E-state index is 4.20. The quantitative estimate of drug-likeness (QED) is 0.774. The zero-order valence-electron chi connectivity index (χ0n) is 8.74. The Balaban J connectivity index is 2.15. The fourth-order valence-electron chi connectivity index (χ4n) is 2.47. The van der Waals surface area contributed by atoms with Gasteiger partial charge in [0.15, 0.2) is 0 Å². The summed E-state index contributed by atoms with van der Waals surface area (Å²) in [7, 11) is 2.07. The van der Waals surface area contributed by atoms with E-state index in [1.165, 1.54) is 31.2 Å². The van der Waals surface area contributed by atoms with Crippen molar-refractivity contribution < 1.29 is 0 Å². The molecule has 0 aliphatic heterocycles.